The number of nitrogens with one attached hydrogen (secondary N) is 2. The number of benzene rings is 2. The molecule has 0 saturated heterocycles. The summed E-state index contributed by atoms with van der Waals surface area (Å²) >= 11 is 9.11. The minimum absolute atomic E-state index is 0.132. The SMILES string of the molecule is O=C(COC(=O)c1cc(Br)ccc1Cl)NNC(=O)c1ccccc1. The van der Waals surface area contributed by atoms with Gasteiger partial charge in [-0.3, -0.25) is 20.4 Å². The van der Waals surface area contributed by atoms with Gasteiger partial charge in [0.1, 0.15) is 0 Å². The first-order valence-corrected chi connectivity index (χ1v) is 7.91. The summed E-state index contributed by atoms with van der Waals surface area (Å²) in [7, 11) is 0. The summed E-state index contributed by atoms with van der Waals surface area (Å²) in [5.74, 6) is -1.91. The smallest absolute Gasteiger partial charge is 0.340 e. The predicted octanol–water partition coefficient (Wildman–Crippen LogP) is 2.72. The minimum atomic E-state index is -0.745. The molecule has 0 aromatic heterocycles. The highest BCUT2D eigenvalue weighted by Gasteiger charge is 2.14. The van der Waals surface area contributed by atoms with E-state index in [1.54, 1.807) is 36.4 Å². The summed E-state index contributed by atoms with van der Waals surface area (Å²) in [5, 5.41) is 0.209. The Hall–Kier alpha value is -2.38. The zero-order chi connectivity index (χ0) is 17.5. The maximum absolute atomic E-state index is 11.9. The maximum atomic E-state index is 11.9. The van der Waals surface area contributed by atoms with Crippen molar-refractivity contribution in [2.24, 2.45) is 0 Å². The fourth-order valence-electron chi connectivity index (χ4n) is 1.69. The van der Waals surface area contributed by atoms with E-state index in [2.05, 4.69) is 26.8 Å². The van der Waals surface area contributed by atoms with Gasteiger partial charge in [-0.25, -0.2) is 4.79 Å². The quantitative estimate of drug-likeness (QED) is 0.598. The zero-order valence-corrected chi connectivity index (χ0v) is 14.6. The second-order valence-corrected chi connectivity index (χ2v) is 5.89. The molecule has 0 fully saturated rings. The summed E-state index contributed by atoms with van der Waals surface area (Å²) in [4.78, 5) is 35.2. The normalized spacial score (nSPS) is 9.92. The van der Waals surface area contributed by atoms with Crippen LogP contribution in [-0.4, -0.2) is 24.4 Å². The topological polar surface area (TPSA) is 84.5 Å². The molecule has 0 aliphatic rings. The number of halogens is 2. The van der Waals surface area contributed by atoms with Gasteiger partial charge in [0.05, 0.1) is 10.6 Å². The Balaban J connectivity index is 1.82. The number of carbonyl (C=O) groups excluding carboxylic acids is 3. The van der Waals surface area contributed by atoms with Crippen molar-refractivity contribution in [3.8, 4) is 0 Å². The van der Waals surface area contributed by atoms with E-state index in [4.69, 9.17) is 16.3 Å². The number of hydrogen-bond acceptors (Lipinski definition) is 4. The lowest BCUT2D eigenvalue weighted by atomic mass is 10.2. The molecule has 6 nitrogen and oxygen atoms in total. The molecule has 2 amide bonds. The average molecular weight is 412 g/mol. The Bertz CT molecular complexity index is 768. The molecule has 0 saturated carbocycles. The summed E-state index contributed by atoms with van der Waals surface area (Å²) < 4.78 is 5.51. The summed E-state index contributed by atoms with van der Waals surface area (Å²) in [5.41, 5.74) is 4.89. The largest absolute Gasteiger partial charge is 0.452 e. The lowest BCUT2D eigenvalue weighted by Gasteiger charge is -2.09. The Morgan fingerprint density at radius 3 is 2.46 bits per heavy atom. The number of hydrogen-bond donors (Lipinski definition) is 2. The van der Waals surface area contributed by atoms with Crippen LogP contribution in [0, 0.1) is 0 Å². The van der Waals surface area contributed by atoms with Crippen LogP contribution in [0.2, 0.25) is 5.02 Å². The van der Waals surface area contributed by atoms with Crippen molar-refractivity contribution in [2.75, 3.05) is 6.61 Å². The number of hydrazine groups is 1. The van der Waals surface area contributed by atoms with Crippen LogP contribution in [0.5, 0.6) is 0 Å². The third-order valence-electron chi connectivity index (χ3n) is 2.83. The fourth-order valence-corrected chi connectivity index (χ4v) is 2.24. The van der Waals surface area contributed by atoms with Gasteiger partial charge in [0.25, 0.3) is 11.8 Å². The number of amides is 2. The van der Waals surface area contributed by atoms with Gasteiger partial charge >= 0.3 is 5.97 Å². The van der Waals surface area contributed by atoms with Gasteiger partial charge in [0, 0.05) is 10.0 Å². The van der Waals surface area contributed by atoms with Gasteiger partial charge in [-0.15, -0.1) is 0 Å². The molecular weight excluding hydrogens is 400 g/mol. The van der Waals surface area contributed by atoms with Crippen LogP contribution in [0.1, 0.15) is 20.7 Å². The highest BCUT2D eigenvalue weighted by Crippen LogP contribution is 2.21. The van der Waals surface area contributed by atoms with Crippen LogP contribution < -0.4 is 10.9 Å². The lowest BCUT2D eigenvalue weighted by molar-refractivity contribution is -0.125. The monoisotopic (exact) mass is 410 g/mol. The van der Waals surface area contributed by atoms with Crippen LogP contribution in [-0.2, 0) is 9.53 Å². The summed E-state index contributed by atoms with van der Waals surface area (Å²) in [6.45, 7) is -0.559. The number of carbonyl (C=O) groups is 3. The predicted molar refractivity (Wildman–Crippen MR) is 91.5 cm³/mol. The van der Waals surface area contributed by atoms with Crippen LogP contribution in [0.25, 0.3) is 0 Å². The summed E-state index contributed by atoms with van der Waals surface area (Å²) in [6.07, 6.45) is 0. The Morgan fingerprint density at radius 2 is 1.75 bits per heavy atom. The van der Waals surface area contributed by atoms with Gasteiger partial charge in [0.2, 0.25) is 0 Å². The molecule has 0 spiro atoms. The van der Waals surface area contributed by atoms with Crippen molar-refractivity contribution in [3.63, 3.8) is 0 Å². The van der Waals surface area contributed by atoms with E-state index in [-0.39, 0.29) is 10.6 Å². The Kier molecular flexibility index (Phi) is 6.34. The standard InChI is InChI=1S/C16H12BrClN2O4/c17-11-6-7-13(18)12(8-11)16(23)24-9-14(21)19-20-15(22)10-4-2-1-3-5-10/h1-8H,9H2,(H,19,21)(H,20,22). The molecule has 0 unspecified atom stereocenters. The highest BCUT2D eigenvalue weighted by molar-refractivity contribution is 9.10. The first-order chi connectivity index (χ1) is 11.5. The van der Waals surface area contributed by atoms with Crippen molar-refractivity contribution >= 4 is 45.3 Å². The van der Waals surface area contributed by atoms with E-state index in [0.29, 0.717) is 10.0 Å². The van der Waals surface area contributed by atoms with Gasteiger partial charge in [-0.05, 0) is 30.3 Å². The van der Waals surface area contributed by atoms with Crippen molar-refractivity contribution in [1.29, 1.82) is 0 Å². The molecule has 0 bridgehead atoms. The van der Waals surface area contributed by atoms with E-state index in [1.807, 2.05) is 0 Å². The third-order valence-corrected chi connectivity index (χ3v) is 3.66. The fraction of sp³-hybridized carbons (Fsp3) is 0.0625. The summed E-state index contributed by atoms with van der Waals surface area (Å²) in [6, 6.07) is 13.0. The van der Waals surface area contributed by atoms with Crippen molar-refractivity contribution in [1.82, 2.24) is 10.9 Å². The molecule has 0 radical (unpaired) electrons. The van der Waals surface area contributed by atoms with E-state index in [0.717, 1.165) is 0 Å². The van der Waals surface area contributed by atoms with Gasteiger partial charge < -0.3 is 4.74 Å². The minimum Gasteiger partial charge on any atom is -0.452 e. The van der Waals surface area contributed by atoms with E-state index in [1.165, 1.54) is 12.1 Å². The average Bonchev–Trinajstić information content (AvgIpc) is 2.60. The molecule has 2 aromatic rings. The van der Waals surface area contributed by atoms with Crippen LogP contribution in [0.4, 0.5) is 0 Å². The molecule has 2 N–H and O–H groups in total. The number of esters is 1. The van der Waals surface area contributed by atoms with Crippen molar-refractivity contribution in [3.05, 3.63) is 69.2 Å². The Morgan fingerprint density at radius 1 is 1.04 bits per heavy atom. The second kappa shape index (κ2) is 8.47. The Labute approximate surface area is 151 Å². The lowest BCUT2D eigenvalue weighted by Crippen LogP contribution is -2.43. The van der Waals surface area contributed by atoms with Crippen molar-refractivity contribution < 1.29 is 19.1 Å². The molecule has 0 atom stereocenters. The molecular formula is C16H12BrClN2O4. The number of rotatable bonds is 4. The maximum Gasteiger partial charge on any atom is 0.340 e. The highest BCUT2D eigenvalue weighted by atomic mass is 79.9. The third kappa shape index (κ3) is 5.07. The zero-order valence-electron chi connectivity index (χ0n) is 12.2. The number of ether oxygens (including phenoxy) is 1. The van der Waals surface area contributed by atoms with Crippen LogP contribution in [0.15, 0.2) is 53.0 Å². The van der Waals surface area contributed by atoms with E-state index < -0.39 is 24.4 Å². The van der Waals surface area contributed by atoms with E-state index >= 15 is 0 Å². The molecule has 0 aliphatic heterocycles. The van der Waals surface area contributed by atoms with Gasteiger partial charge in [0.15, 0.2) is 6.61 Å². The molecule has 24 heavy (non-hydrogen) atoms. The van der Waals surface area contributed by atoms with E-state index in [9.17, 15) is 14.4 Å². The van der Waals surface area contributed by atoms with Crippen LogP contribution >= 0.6 is 27.5 Å². The molecule has 0 aliphatic carbocycles. The first kappa shape index (κ1) is 18.0. The molecule has 2 aromatic carbocycles. The van der Waals surface area contributed by atoms with Gasteiger partial charge in [-0.2, -0.15) is 0 Å². The molecule has 8 heteroatoms. The van der Waals surface area contributed by atoms with Crippen molar-refractivity contribution in [2.45, 2.75) is 0 Å². The van der Waals surface area contributed by atoms with Crippen LogP contribution in [0.3, 0.4) is 0 Å². The first-order valence-electron chi connectivity index (χ1n) is 6.74. The molecule has 0 heterocycles. The second-order valence-electron chi connectivity index (χ2n) is 4.57. The molecule has 2 rings (SSSR count). The molecule has 124 valence electrons. The van der Waals surface area contributed by atoms with Gasteiger partial charge in [-0.1, -0.05) is 45.7 Å².